The third-order valence-electron chi connectivity index (χ3n) is 2.06. The van der Waals surface area contributed by atoms with Crippen LogP contribution < -0.4 is 4.72 Å². The fourth-order valence-corrected chi connectivity index (χ4v) is 2.00. The molecule has 20 heavy (non-hydrogen) atoms. The molecule has 0 unspecified atom stereocenters. The molecular weight excluding hydrogens is 327 g/mol. The van der Waals surface area contributed by atoms with Crippen LogP contribution in [0.3, 0.4) is 0 Å². The van der Waals surface area contributed by atoms with Gasteiger partial charge in [0.2, 0.25) is 10.0 Å². The minimum absolute atomic E-state index is 1.21. The lowest BCUT2D eigenvalue weighted by atomic mass is 10.0. The van der Waals surface area contributed by atoms with Crippen LogP contribution >= 0.6 is 0 Å². The quantitative estimate of drug-likeness (QED) is 0.715. The lowest BCUT2D eigenvalue weighted by Crippen LogP contribution is -2.54. The van der Waals surface area contributed by atoms with Crippen LogP contribution in [-0.4, -0.2) is 49.8 Å². The number of carboxylic acid groups (broad SMARTS) is 1. The number of rotatable bonds is 6. The standard InChI is InChI=1S/C7H8F7NO4S/c8-5(6(9,10)11,7(12,13)14)1-2-20(18,19)15-3-4(16)17/h15H,1-3H2,(H,16,17). The fourth-order valence-electron chi connectivity index (χ4n) is 0.963. The molecule has 0 heterocycles. The number of alkyl halides is 7. The highest BCUT2D eigenvalue weighted by molar-refractivity contribution is 7.89. The molecule has 0 radical (unpaired) electrons. The Morgan fingerprint density at radius 2 is 1.40 bits per heavy atom. The molecule has 0 aromatic heterocycles. The second-order valence-electron chi connectivity index (χ2n) is 3.58. The summed E-state index contributed by atoms with van der Waals surface area (Å²) in [7, 11) is -4.80. The number of carboxylic acids is 1. The molecule has 0 spiro atoms. The molecule has 0 atom stereocenters. The van der Waals surface area contributed by atoms with Gasteiger partial charge in [0.15, 0.2) is 0 Å². The molecule has 2 N–H and O–H groups in total. The predicted molar refractivity (Wildman–Crippen MR) is 50.0 cm³/mol. The highest BCUT2D eigenvalue weighted by Gasteiger charge is 2.72. The summed E-state index contributed by atoms with van der Waals surface area (Å²) in [6, 6.07) is 0. The Balaban J connectivity index is 5.03. The van der Waals surface area contributed by atoms with E-state index in [1.807, 2.05) is 0 Å². The maximum atomic E-state index is 13.1. The summed E-state index contributed by atoms with van der Waals surface area (Å²) in [6.45, 7) is -1.25. The lowest BCUT2D eigenvalue weighted by molar-refractivity contribution is -0.341. The van der Waals surface area contributed by atoms with Gasteiger partial charge in [0, 0.05) is 6.42 Å². The van der Waals surface area contributed by atoms with E-state index in [1.165, 1.54) is 4.72 Å². The average Bonchev–Trinajstić information content (AvgIpc) is 2.20. The van der Waals surface area contributed by atoms with Gasteiger partial charge in [0.25, 0.3) is 5.67 Å². The van der Waals surface area contributed by atoms with Crippen molar-refractivity contribution in [1.82, 2.24) is 4.72 Å². The minimum atomic E-state index is -6.35. The number of aliphatic carboxylic acids is 1. The zero-order chi connectivity index (χ0) is 16.4. The van der Waals surface area contributed by atoms with Crippen LogP contribution in [0.5, 0.6) is 0 Å². The zero-order valence-electron chi connectivity index (χ0n) is 9.35. The first-order chi connectivity index (χ1) is 8.62. The summed E-state index contributed by atoms with van der Waals surface area (Å²) < 4.78 is 109. The average molecular weight is 335 g/mol. The Hall–Kier alpha value is -1.11. The highest BCUT2D eigenvalue weighted by Crippen LogP contribution is 2.48. The van der Waals surface area contributed by atoms with Crippen LogP contribution in [0.4, 0.5) is 30.7 Å². The summed E-state index contributed by atoms with van der Waals surface area (Å²) in [5.74, 6) is -3.60. The number of hydrogen-bond donors (Lipinski definition) is 2. The van der Waals surface area contributed by atoms with Crippen molar-refractivity contribution >= 4 is 16.0 Å². The summed E-state index contributed by atoms with van der Waals surface area (Å²) in [6.07, 6.45) is -15.1. The Bertz CT molecular complexity index is 441. The number of nitrogens with one attached hydrogen (secondary N) is 1. The van der Waals surface area contributed by atoms with E-state index in [1.54, 1.807) is 0 Å². The molecule has 5 nitrogen and oxygen atoms in total. The van der Waals surface area contributed by atoms with Crippen LogP contribution in [0, 0.1) is 0 Å². The van der Waals surface area contributed by atoms with Gasteiger partial charge >= 0.3 is 18.3 Å². The molecule has 0 aromatic rings. The van der Waals surface area contributed by atoms with E-state index in [2.05, 4.69) is 0 Å². The van der Waals surface area contributed by atoms with Gasteiger partial charge < -0.3 is 5.11 Å². The van der Waals surface area contributed by atoms with Gasteiger partial charge in [-0.3, -0.25) is 4.79 Å². The first-order valence-corrected chi connectivity index (χ1v) is 6.29. The largest absolute Gasteiger partial charge is 0.480 e. The van der Waals surface area contributed by atoms with Gasteiger partial charge in [-0.05, 0) is 0 Å². The lowest BCUT2D eigenvalue weighted by Gasteiger charge is -2.29. The van der Waals surface area contributed by atoms with E-state index >= 15 is 0 Å². The smallest absolute Gasteiger partial charge is 0.431 e. The molecule has 0 aliphatic rings. The van der Waals surface area contributed by atoms with Crippen molar-refractivity contribution in [3.63, 3.8) is 0 Å². The molecule has 0 saturated heterocycles. The molecule has 0 saturated carbocycles. The van der Waals surface area contributed by atoms with Crippen molar-refractivity contribution in [3.8, 4) is 0 Å². The highest BCUT2D eigenvalue weighted by atomic mass is 32.2. The SMILES string of the molecule is O=C(O)CNS(=O)(=O)CCC(F)(C(F)(F)F)C(F)(F)F. The molecule has 0 aliphatic carbocycles. The second-order valence-corrected chi connectivity index (χ2v) is 5.51. The summed E-state index contributed by atoms with van der Waals surface area (Å²) >= 11 is 0. The Kier molecular flexibility index (Phi) is 5.40. The predicted octanol–water partition coefficient (Wildman–Crippen LogP) is 1.21. The second kappa shape index (κ2) is 5.71. The van der Waals surface area contributed by atoms with Crippen LogP contribution in [-0.2, 0) is 14.8 Å². The molecule has 0 fully saturated rings. The normalized spacial score (nSPS) is 14.3. The van der Waals surface area contributed by atoms with E-state index in [-0.39, 0.29) is 0 Å². The van der Waals surface area contributed by atoms with Gasteiger partial charge in [-0.1, -0.05) is 0 Å². The van der Waals surface area contributed by atoms with Crippen molar-refractivity contribution in [3.05, 3.63) is 0 Å². The van der Waals surface area contributed by atoms with Gasteiger partial charge in [-0.15, -0.1) is 0 Å². The topological polar surface area (TPSA) is 83.5 Å². The van der Waals surface area contributed by atoms with Gasteiger partial charge in [0.1, 0.15) is 6.54 Å². The molecule has 0 rings (SSSR count). The molecule has 0 amide bonds. The Labute approximate surface area is 107 Å². The van der Waals surface area contributed by atoms with Crippen molar-refractivity contribution < 1.29 is 49.1 Å². The van der Waals surface area contributed by atoms with Gasteiger partial charge in [-0.2, -0.15) is 26.3 Å². The number of hydrogen-bond acceptors (Lipinski definition) is 3. The van der Waals surface area contributed by atoms with E-state index in [9.17, 15) is 43.9 Å². The first kappa shape index (κ1) is 18.9. The zero-order valence-corrected chi connectivity index (χ0v) is 10.2. The van der Waals surface area contributed by atoms with Crippen LogP contribution in [0.1, 0.15) is 6.42 Å². The number of carbonyl (C=O) groups is 1. The van der Waals surface area contributed by atoms with Crippen LogP contribution in [0.2, 0.25) is 0 Å². The molecule has 0 aliphatic heterocycles. The molecule has 0 bridgehead atoms. The van der Waals surface area contributed by atoms with E-state index < -0.39 is 52.7 Å². The maximum Gasteiger partial charge on any atom is 0.431 e. The molecular formula is C7H8F7NO4S. The molecule has 13 heteroatoms. The Morgan fingerprint density at radius 1 is 1.00 bits per heavy atom. The Morgan fingerprint density at radius 3 is 1.70 bits per heavy atom. The number of halogens is 7. The van der Waals surface area contributed by atoms with Crippen LogP contribution in [0.15, 0.2) is 0 Å². The first-order valence-electron chi connectivity index (χ1n) is 4.64. The summed E-state index contributed by atoms with van der Waals surface area (Å²) in [5, 5.41) is 8.10. The van der Waals surface area contributed by atoms with E-state index in [4.69, 9.17) is 5.11 Å². The van der Waals surface area contributed by atoms with Crippen molar-refractivity contribution in [1.29, 1.82) is 0 Å². The number of sulfonamides is 1. The summed E-state index contributed by atoms with van der Waals surface area (Å²) in [5.41, 5.74) is -5.70. The van der Waals surface area contributed by atoms with Crippen molar-refractivity contribution in [2.45, 2.75) is 24.4 Å². The third kappa shape index (κ3) is 4.77. The fraction of sp³-hybridized carbons (Fsp3) is 0.857. The molecule has 0 aromatic carbocycles. The van der Waals surface area contributed by atoms with Gasteiger partial charge in [-0.25, -0.2) is 17.5 Å². The minimum Gasteiger partial charge on any atom is -0.480 e. The monoisotopic (exact) mass is 335 g/mol. The van der Waals surface area contributed by atoms with Crippen molar-refractivity contribution in [2.75, 3.05) is 12.3 Å². The third-order valence-corrected chi connectivity index (χ3v) is 3.38. The molecule has 120 valence electrons. The van der Waals surface area contributed by atoms with E-state index in [0.29, 0.717) is 0 Å². The van der Waals surface area contributed by atoms with E-state index in [0.717, 1.165) is 0 Å². The summed E-state index contributed by atoms with van der Waals surface area (Å²) in [4.78, 5) is 10.0. The van der Waals surface area contributed by atoms with Crippen molar-refractivity contribution in [2.24, 2.45) is 0 Å². The van der Waals surface area contributed by atoms with Gasteiger partial charge in [0.05, 0.1) is 5.75 Å². The maximum absolute atomic E-state index is 13.1. The van der Waals surface area contributed by atoms with Crippen LogP contribution in [0.25, 0.3) is 0 Å².